The Morgan fingerprint density at radius 2 is 1.61 bits per heavy atom. The standard InChI is InChI=1S/C25H28N2O3S/c1-18-10-15-24(19(2)16-18)20(3)26-25(28)22-13-11-21(12-14-22)17-27(4)31(29,30)23-8-6-5-7-9-23/h5-16,20H,17H2,1-4H3,(H,26,28). The molecular weight excluding hydrogens is 408 g/mol. The summed E-state index contributed by atoms with van der Waals surface area (Å²) in [4.78, 5) is 12.9. The quantitative estimate of drug-likeness (QED) is 0.588. The van der Waals surface area contributed by atoms with Crippen molar-refractivity contribution >= 4 is 15.9 Å². The fourth-order valence-electron chi connectivity index (χ4n) is 3.55. The van der Waals surface area contributed by atoms with E-state index in [0.29, 0.717) is 5.56 Å². The predicted molar refractivity (Wildman–Crippen MR) is 123 cm³/mol. The lowest BCUT2D eigenvalue weighted by molar-refractivity contribution is 0.0940. The zero-order valence-corrected chi connectivity index (χ0v) is 19.1. The van der Waals surface area contributed by atoms with Crippen molar-refractivity contribution in [3.05, 3.63) is 101 Å². The molecule has 0 radical (unpaired) electrons. The van der Waals surface area contributed by atoms with Crippen molar-refractivity contribution in [1.82, 2.24) is 9.62 Å². The second kappa shape index (κ2) is 9.45. The third-order valence-corrected chi connectivity index (χ3v) is 7.13. The van der Waals surface area contributed by atoms with Gasteiger partial charge in [0.1, 0.15) is 0 Å². The maximum absolute atomic E-state index is 12.7. The Hall–Kier alpha value is -2.96. The van der Waals surface area contributed by atoms with Crippen molar-refractivity contribution in [3.63, 3.8) is 0 Å². The summed E-state index contributed by atoms with van der Waals surface area (Å²) >= 11 is 0. The lowest BCUT2D eigenvalue weighted by Gasteiger charge is -2.18. The Morgan fingerprint density at radius 1 is 0.968 bits per heavy atom. The molecule has 5 nitrogen and oxygen atoms in total. The van der Waals surface area contributed by atoms with Crippen LogP contribution in [0, 0.1) is 13.8 Å². The Balaban J connectivity index is 1.66. The van der Waals surface area contributed by atoms with Crippen molar-refractivity contribution in [2.75, 3.05) is 7.05 Å². The second-order valence-electron chi connectivity index (χ2n) is 7.83. The molecule has 1 N–H and O–H groups in total. The number of carbonyl (C=O) groups excluding carboxylic acids is 1. The van der Waals surface area contributed by atoms with Crippen LogP contribution in [0.4, 0.5) is 0 Å². The summed E-state index contributed by atoms with van der Waals surface area (Å²) in [5, 5.41) is 3.03. The Kier molecular flexibility index (Phi) is 6.93. The molecule has 0 aliphatic carbocycles. The largest absolute Gasteiger partial charge is 0.346 e. The van der Waals surface area contributed by atoms with Gasteiger partial charge in [-0.2, -0.15) is 4.31 Å². The van der Waals surface area contributed by atoms with Crippen LogP contribution in [0.25, 0.3) is 0 Å². The molecule has 0 aromatic heterocycles. The summed E-state index contributed by atoms with van der Waals surface area (Å²) in [6.07, 6.45) is 0. The first-order valence-corrected chi connectivity index (χ1v) is 11.6. The van der Waals surface area contributed by atoms with Crippen molar-refractivity contribution in [2.24, 2.45) is 0 Å². The molecule has 1 atom stereocenters. The highest BCUT2D eigenvalue weighted by Crippen LogP contribution is 2.20. The van der Waals surface area contributed by atoms with E-state index in [0.717, 1.165) is 16.7 Å². The third-order valence-electron chi connectivity index (χ3n) is 5.31. The first-order chi connectivity index (χ1) is 14.7. The van der Waals surface area contributed by atoms with Gasteiger partial charge in [-0.3, -0.25) is 4.79 Å². The molecule has 0 aliphatic rings. The highest BCUT2D eigenvalue weighted by molar-refractivity contribution is 7.89. The second-order valence-corrected chi connectivity index (χ2v) is 9.87. The topological polar surface area (TPSA) is 66.5 Å². The number of amides is 1. The average Bonchev–Trinajstić information content (AvgIpc) is 2.74. The van der Waals surface area contributed by atoms with Crippen LogP contribution in [0.15, 0.2) is 77.7 Å². The molecule has 0 saturated carbocycles. The van der Waals surface area contributed by atoms with Crippen molar-refractivity contribution in [3.8, 4) is 0 Å². The van der Waals surface area contributed by atoms with Gasteiger partial charge in [-0.15, -0.1) is 0 Å². The Bertz CT molecular complexity index is 1160. The minimum absolute atomic E-state index is 0.116. The van der Waals surface area contributed by atoms with Gasteiger partial charge in [-0.05, 0) is 61.7 Å². The fraction of sp³-hybridized carbons (Fsp3) is 0.240. The molecule has 0 bridgehead atoms. The zero-order chi connectivity index (χ0) is 22.6. The average molecular weight is 437 g/mol. The predicted octanol–water partition coefficient (Wildman–Crippen LogP) is 4.62. The summed E-state index contributed by atoms with van der Waals surface area (Å²) in [6.45, 7) is 6.27. The van der Waals surface area contributed by atoms with Crippen LogP contribution in [0.3, 0.4) is 0 Å². The molecule has 6 heteroatoms. The molecule has 0 spiro atoms. The number of hydrogen-bond acceptors (Lipinski definition) is 3. The van der Waals surface area contributed by atoms with Crippen LogP contribution >= 0.6 is 0 Å². The third kappa shape index (κ3) is 5.40. The fourth-order valence-corrected chi connectivity index (χ4v) is 4.73. The van der Waals surface area contributed by atoms with Crippen molar-refractivity contribution in [2.45, 2.75) is 38.3 Å². The van der Waals surface area contributed by atoms with Crippen LogP contribution in [0.2, 0.25) is 0 Å². The van der Waals surface area contributed by atoms with Crippen molar-refractivity contribution in [1.29, 1.82) is 0 Å². The van der Waals surface area contributed by atoms with Gasteiger partial charge in [0.25, 0.3) is 5.91 Å². The maximum Gasteiger partial charge on any atom is 0.251 e. The minimum atomic E-state index is -3.56. The van der Waals surface area contributed by atoms with Gasteiger partial charge in [-0.1, -0.05) is 54.1 Å². The number of rotatable bonds is 7. The van der Waals surface area contributed by atoms with Gasteiger partial charge in [-0.25, -0.2) is 8.42 Å². The number of nitrogens with one attached hydrogen (secondary N) is 1. The van der Waals surface area contributed by atoms with Crippen molar-refractivity contribution < 1.29 is 13.2 Å². The van der Waals surface area contributed by atoms with E-state index >= 15 is 0 Å². The van der Waals surface area contributed by atoms with Gasteiger partial charge < -0.3 is 5.32 Å². The summed E-state index contributed by atoms with van der Waals surface area (Å²) in [7, 11) is -2.01. The van der Waals surface area contributed by atoms with E-state index in [9.17, 15) is 13.2 Å². The normalized spacial score (nSPS) is 12.5. The zero-order valence-electron chi connectivity index (χ0n) is 18.3. The Labute approximate surface area is 184 Å². The van der Waals surface area contributed by atoms with E-state index in [-0.39, 0.29) is 23.4 Å². The molecule has 3 aromatic carbocycles. The van der Waals surface area contributed by atoms with Gasteiger partial charge in [0, 0.05) is 19.2 Å². The van der Waals surface area contributed by atoms with Crippen LogP contribution in [-0.2, 0) is 16.6 Å². The minimum Gasteiger partial charge on any atom is -0.346 e. The first-order valence-electron chi connectivity index (χ1n) is 10.2. The smallest absolute Gasteiger partial charge is 0.251 e. The lowest BCUT2D eigenvalue weighted by atomic mass is 10.00. The van der Waals surface area contributed by atoms with E-state index in [2.05, 4.69) is 11.4 Å². The number of aryl methyl sites for hydroxylation is 2. The number of carbonyl (C=O) groups is 1. The van der Waals surface area contributed by atoms with Gasteiger partial charge in [0.15, 0.2) is 0 Å². The molecule has 1 unspecified atom stereocenters. The number of hydrogen-bond donors (Lipinski definition) is 1. The highest BCUT2D eigenvalue weighted by atomic mass is 32.2. The number of nitrogens with zero attached hydrogens (tertiary/aromatic N) is 1. The molecule has 162 valence electrons. The van der Waals surface area contributed by atoms with Crippen LogP contribution < -0.4 is 5.32 Å². The molecule has 0 fully saturated rings. The lowest BCUT2D eigenvalue weighted by Crippen LogP contribution is -2.27. The number of benzene rings is 3. The molecule has 0 aliphatic heterocycles. The van der Waals surface area contributed by atoms with Crippen LogP contribution in [0.5, 0.6) is 0 Å². The summed E-state index contributed by atoms with van der Waals surface area (Å²) in [5.41, 5.74) is 4.76. The molecule has 1 amide bonds. The van der Waals surface area contributed by atoms with E-state index in [1.165, 1.54) is 9.87 Å². The monoisotopic (exact) mass is 436 g/mol. The highest BCUT2D eigenvalue weighted by Gasteiger charge is 2.20. The van der Waals surface area contributed by atoms with Crippen LogP contribution in [0.1, 0.15) is 45.6 Å². The summed E-state index contributed by atoms with van der Waals surface area (Å²) in [6, 6.07) is 21.4. The number of sulfonamides is 1. The van der Waals surface area contributed by atoms with E-state index in [4.69, 9.17) is 0 Å². The van der Waals surface area contributed by atoms with E-state index < -0.39 is 10.0 Å². The first kappa shape index (κ1) is 22.7. The maximum atomic E-state index is 12.7. The van der Waals surface area contributed by atoms with E-state index in [1.54, 1.807) is 61.6 Å². The van der Waals surface area contributed by atoms with Gasteiger partial charge in [0.05, 0.1) is 10.9 Å². The molecule has 0 saturated heterocycles. The van der Waals surface area contributed by atoms with E-state index in [1.807, 2.05) is 32.9 Å². The SMILES string of the molecule is Cc1ccc(C(C)NC(=O)c2ccc(CN(C)S(=O)(=O)c3ccccc3)cc2)c(C)c1. The Morgan fingerprint density at radius 3 is 2.23 bits per heavy atom. The summed E-state index contributed by atoms with van der Waals surface area (Å²) < 4.78 is 26.7. The van der Waals surface area contributed by atoms with Gasteiger partial charge in [0.2, 0.25) is 10.0 Å². The molecule has 31 heavy (non-hydrogen) atoms. The molecular formula is C25H28N2O3S. The molecule has 3 rings (SSSR count). The summed E-state index contributed by atoms with van der Waals surface area (Å²) in [5.74, 6) is -0.163. The molecule has 0 heterocycles. The molecule has 3 aromatic rings. The van der Waals surface area contributed by atoms with Crippen LogP contribution in [-0.4, -0.2) is 25.7 Å². The van der Waals surface area contributed by atoms with Gasteiger partial charge >= 0.3 is 0 Å².